The Morgan fingerprint density at radius 2 is 2.00 bits per heavy atom. The van der Waals surface area contributed by atoms with E-state index >= 15 is 0 Å². The van der Waals surface area contributed by atoms with E-state index in [9.17, 15) is 9.18 Å². The van der Waals surface area contributed by atoms with Gasteiger partial charge in [0.1, 0.15) is 12.4 Å². The lowest BCUT2D eigenvalue weighted by molar-refractivity contribution is 0.108. The van der Waals surface area contributed by atoms with Gasteiger partial charge in [-0.25, -0.2) is 4.39 Å². The number of hydrogen-bond donors (Lipinski definition) is 0. The average Bonchev–Trinajstić information content (AvgIpc) is 2.46. The largest absolute Gasteiger partial charge is 0.490 e. The van der Waals surface area contributed by atoms with E-state index in [0.29, 0.717) is 17.9 Å². The van der Waals surface area contributed by atoms with Crippen LogP contribution in [0.5, 0.6) is 11.5 Å². The Balaban J connectivity index is 2.27. The van der Waals surface area contributed by atoms with Gasteiger partial charge in [0.15, 0.2) is 11.5 Å². The molecule has 3 nitrogen and oxygen atoms in total. The van der Waals surface area contributed by atoms with E-state index < -0.39 is 5.24 Å². The molecule has 0 atom stereocenters. The molecule has 2 aromatic carbocycles. The topological polar surface area (TPSA) is 35.5 Å². The molecule has 0 heterocycles. The van der Waals surface area contributed by atoms with Gasteiger partial charge in [0, 0.05) is 5.56 Å². The van der Waals surface area contributed by atoms with Crippen LogP contribution in [0, 0.1) is 5.82 Å². The Labute approximate surface area is 137 Å². The molecule has 2 rings (SSSR count). The SMILES string of the molecule is CCOc1cc(C(=O)Cl)cc(Cl)c1OCc1cccc(F)c1. The number of halogens is 3. The van der Waals surface area contributed by atoms with E-state index in [1.54, 1.807) is 19.1 Å². The van der Waals surface area contributed by atoms with Gasteiger partial charge in [-0.2, -0.15) is 0 Å². The van der Waals surface area contributed by atoms with Crippen LogP contribution in [0.3, 0.4) is 0 Å². The van der Waals surface area contributed by atoms with E-state index in [1.807, 2.05) is 0 Å². The zero-order valence-corrected chi connectivity index (χ0v) is 13.2. The van der Waals surface area contributed by atoms with E-state index in [0.717, 1.165) is 0 Å². The van der Waals surface area contributed by atoms with Crippen LogP contribution in [0.25, 0.3) is 0 Å². The summed E-state index contributed by atoms with van der Waals surface area (Å²) in [7, 11) is 0. The van der Waals surface area contributed by atoms with E-state index in [4.69, 9.17) is 32.7 Å². The Morgan fingerprint density at radius 1 is 1.23 bits per heavy atom. The fourth-order valence-corrected chi connectivity index (χ4v) is 2.24. The maximum absolute atomic E-state index is 13.2. The molecule has 0 bridgehead atoms. The molecule has 0 saturated carbocycles. The molecule has 0 aliphatic carbocycles. The van der Waals surface area contributed by atoms with Crippen molar-refractivity contribution in [1.29, 1.82) is 0 Å². The quantitative estimate of drug-likeness (QED) is 0.705. The van der Waals surface area contributed by atoms with Gasteiger partial charge in [-0.15, -0.1) is 0 Å². The Morgan fingerprint density at radius 3 is 2.64 bits per heavy atom. The molecule has 0 amide bonds. The first-order valence-corrected chi connectivity index (χ1v) is 7.30. The van der Waals surface area contributed by atoms with Crippen LogP contribution in [0.1, 0.15) is 22.8 Å². The predicted molar refractivity (Wildman–Crippen MR) is 83.5 cm³/mol. The molecule has 2 aromatic rings. The van der Waals surface area contributed by atoms with Crippen molar-refractivity contribution < 1.29 is 18.7 Å². The molecule has 0 unspecified atom stereocenters. The van der Waals surface area contributed by atoms with Gasteiger partial charge in [0.25, 0.3) is 5.24 Å². The summed E-state index contributed by atoms with van der Waals surface area (Å²) in [6.45, 7) is 2.28. The zero-order valence-electron chi connectivity index (χ0n) is 11.7. The maximum atomic E-state index is 13.2. The summed E-state index contributed by atoms with van der Waals surface area (Å²) < 4.78 is 24.2. The second kappa shape index (κ2) is 7.47. The van der Waals surface area contributed by atoms with Crippen molar-refractivity contribution in [2.75, 3.05) is 6.61 Å². The average molecular weight is 343 g/mol. The highest BCUT2D eigenvalue weighted by Crippen LogP contribution is 2.37. The molecule has 116 valence electrons. The van der Waals surface area contributed by atoms with Crippen LogP contribution >= 0.6 is 23.2 Å². The third-order valence-corrected chi connectivity index (χ3v) is 3.31. The summed E-state index contributed by atoms with van der Waals surface area (Å²) in [5, 5.41) is -0.439. The summed E-state index contributed by atoms with van der Waals surface area (Å²) in [5.41, 5.74) is 0.865. The first-order valence-electron chi connectivity index (χ1n) is 6.54. The number of rotatable bonds is 6. The van der Waals surface area contributed by atoms with Crippen LogP contribution < -0.4 is 9.47 Å². The van der Waals surface area contributed by atoms with E-state index in [2.05, 4.69) is 0 Å². The van der Waals surface area contributed by atoms with Crippen LogP contribution in [0.2, 0.25) is 5.02 Å². The lowest BCUT2D eigenvalue weighted by Gasteiger charge is -2.14. The molecule has 0 fully saturated rings. The molecule has 22 heavy (non-hydrogen) atoms. The lowest BCUT2D eigenvalue weighted by Crippen LogP contribution is -2.02. The molecule has 0 aliphatic rings. The maximum Gasteiger partial charge on any atom is 0.252 e. The van der Waals surface area contributed by atoms with Gasteiger partial charge < -0.3 is 9.47 Å². The number of benzene rings is 2. The third-order valence-electron chi connectivity index (χ3n) is 2.81. The molecule has 0 radical (unpaired) electrons. The van der Waals surface area contributed by atoms with Crippen molar-refractivity contribution in [2.24, 2.45) is 0 Å². The van der Waals surface area contributed by atoms with Crippen molar-refractivity contribution in [1.82, 2.24) is 0 Å². The summed E-state index contributed by atoms with van der Waals surface area (Å²) >= 11 is 11.6. The second-order valence-corrected chi connectivity index (χ2v) is 5.16. The van der Waals surface area contributed by atoms with Crippen molar-refractivity contribution in [3.63, 3.8) is 0 Å². The van der Waals surface area contributed by atoms with E-state index in [-0.39, 0.29) is 28.8 Å². The summed E-state index contributed by atoms with van der Waals surface area (Å²) in [5.74, 6) is 0.255. The van der Waals surface area contributed by atoms with Gasteiger partial charge in [0.2, 0.25) is 0 Å². The molecular formula is C16H13Cl2FO3. The Hall–Kier alpha value is -1.78. The summed E-state index contributed by atoms with van der Waals surface area (Å²) in [6.07, 6.45) is 0. The standard InChI is InChI=1S/C16H13Cl2FO3/c1-2-21-14-8-11(16(18)20)7-13(17)15(14)22-9-10-4-3-5-12(19)6-10/h3-8H,2,9H2,1H3. The van der Waals surface area contributed by atoms with Gasteiger partial charge >= 0.3 is 0 Å². The molecule has 6 heteroatoms. The van der Waals surface area contributed by atoms with Crippen molar-refractivity contribution in [3.05, 3.63) is 58.4 Å². The van der Waals surface area contributed by atoms with Gasteiger partial charge in [0.05, 0.1) is 11.6 Å². The Kier molecular flexibility index (Phi) is 5.63. The number of carbonyl (C=O) groups excluding carboxylic acids is 1. The summed E-state index contributed by atoms with van der Waals surface area (Å²) in [4.78, 5) is 11.3. The third kappa shape index (κ3) is 4.12. The monoisotopic (exact) mass is 342 g/mol. The molecule has 0 saturated heterocycles. The van der Waals surface area contributed by atoms with Crippen LogP contribution in [0.15, 0.2) is 36.4 Å². The Bertz CT molecular complexity index is 689. The highest BCUT2D eigenvalue weighted by atomic mass is 35.5. The van der Waals surface area contributed by atoms with E-state index in [1.165, 1.54) is 24.3 Å². The van der Waals surface area contributed by atoms with Gasteiger partial charge in [-0.3, -0.25) is 4.79 Å². The van der Waals surface area contributed by atoms with Crippen LogP contribution in [-0.4, -0.2) is 11.8 Å². The second-order valence-electron chi connectivity index (χ2n) is 4.41. The normalized spacial score (nSPS) is 10.4. The fourth-order valence-electron chi connectivity index (χ4n) is 1.87. The minimum Gasteiger partial charge on any atom is -0.490 e. The van der Waals surface area contributed by atoms with Crippen LogP contribution in [0.4, 0.5) is 4.39 Å². The predicted octanol–water partition coefficient (Wildman–Crippen LogP) is 4.84. The minimum atomic E-state index is -0.639. The highest BCUT2D eigenvalue weighted by molar-refractivity contribution is 6.67. The van der Waals surface area contributed by atoms with Gasteiger partial charge in [-0.05, 0) is 48.4 Å². The van der Waals surface area contributed by atoms with Crippen molar-refractivity contribution in [2.45, 2.75) is 13.5 Å². The molecule has 0 aliphatic heterocycles. The van der Waals surface area contributed by atoms with Crippen LogP contribution in [-0.2, 0) is 6.61 Å². The van der Waals surface area contributed by atoms with Crippen molar-refractivity contribution in [3.8, 4) is 11.5 Å². The fraction of sp³-hybridized carbons (Fsp3) is 0.188. The number of ether oxygens (including phenoxy) is 2. The smallest absolute Gasteiger partial charge is 0.252 e. The zero-order chi connectivity index (χ0) is 16.1. The summed E-state index contributed by atoms with van der Waals surface area (Å²) in [6, 6.07) is 8.90. The molecule has 0 spiro atoms. The molecular weight excluding hydrogens is 330 g/mol. The minimum absolute atomic E-state index is 0.117. The molecule has 0 aromatic heterocycles. The highest BCUT2D eigenvalue weighted by Gasteiger charge is 2.15. The number of carbonyl (C=O) groups is 1. The lowest BCUT2D eigenvalue weighted by atomic mass is 10.2. The number of hydrogen-bond acceptors (Lipinski definition) is 3. The molecule has 0 N–H and O–H groups in total. The van der Waals surface area contributed by atoms with Crippen molar-refractivity contribution >= 4 is 28.4 Å². The first kappa shape index (κ1) is 16.6. The first-order chi connectivity index (χ1) is 10.5. The van der Waals surface area contributed by atoms with Gasteiger partial charge in [-0.1, -0.05) is 23.7 Å².